The van der Waals surface area contributed by atoms with Crippen molar-refractivity contribution in [3.8, 4) is 0 Å². The first kappa shape index (κ1) is 22.1. The molecule has 0 unspecified atom stereocenters. The molecule has 2 amide bonds. The number of imide groups is 1. The maximum atomic E-state index is 12.5. The Bertz CT molecular complexity index is 938. The summed E-state index contributed by atoms with van der Waals surface area (Å²) in [5, 5.41) is 0. The molecule has 158 valence electrons. The van der Waals surface area contributed by atoms with Crippen molar-refractivity contribution in [3.05, 3.63) is 65.2 Å². The van der Waals surface area contributed by atoms with E-state index in [2.05, 4.69) is 0 Å². The summed E-state index contributed by atoms with van der Waals surface area (Å²) in [6.07, 6.45) is 0.575. The number of carbonyl (C=O) groups is 3. The molecule has 0 saturated heterocycles. The molecule has 0 atom stereocenters. The molecule has 0 N–H and O–H groups in total. The van der Waals surface area contributed by atoms with Crippen LogP contribution in [0.5, 0.6) is 0 Å². The number of fused-ring (bicyclic) bond motifs is 1. The van der Waals surface area contributed by atoms with E-state index in [0.717, 1.165) is 10.5 Å². The van der Waals surface area contributed by atoms with Crippen molar-refractivity contribution in [2.24, 2.45) is 0 Å². The minimum atomic E-state index is -0.713. The summed E-state index contributed by atoms with van der Waals surface area (Å²) >= 11 is 1.45. The fraction of sp³-hybridized carbons (Fsp3) is 0.375. The number of hydrogen-bond donors (Lipinski definition) is 0. The molecule has 6 heteroatoms. The third kappa shape index (κ3) is 4.93. The second-order valence-corrected chi connectivity index (χ2v) is 10.5. The third-order valence-electron chi connectivity index (χ3n) is 4.69. The van der Waals surface area contributed by atoms with Crippen molar-refractivity contribution >= 4 is 29.5 Å². The Kier molecular flexibility index (Phi) is 6.09. The Morgan fingerprint density at radius 3 is 1.93 bits per heavy atom. The zero-order valence-corrected chi connectivity index (χ0v) is 18.8. The maximum absolute atomic E-state index is 12.5. The highest BCUT2D eigenvalue weighted by Gasteiger charge is 2.35. The Labute approximate surface area is 181 Å². The van der Waals surface area contributed by atoms with Crippen LogP contribution in [0.25, 0.3) is 0 Å². The largest absolute Gasteiger partial charge is 0.459 e. The zero-order chi connectivity index (χ0) is 22.1. The Hall–Kier alpha value is -2.60. The first-order chi connectivity index (χ1) is 14.0. The molecule has 0 radical (unpaired) electrons. The highest BCUT2D eigenvalue weighted by atomic mass is 32.2. The van der Waals surface area contributed by atoms with E-state index in [-0.39, 0.29) is 17.8 Å². The summed E-state index contributed by atoms with van der Waals surface area (Å²) in [7, 11) is 0. The van der Waals surface area contributed by atoms with Gasteiger partial charge in [-0.1, -0.05) is 24.3 Å². The number of thioether (sulfide) groups is 1. The summed E-state index contributed by atoms with van der Waals surface area (Å²) in [5.74, 6) is -0.724. The number of esters is 1. The van der Waals surface area contributed by atoms with Gasteiger partial charge in [0.15, 0.2) is 0 Å². The number of ether oxygens (including phenoxy) is 1. The average Bonchev–Trinajstić information content (AvgIpc) is 2.90. The summed E-state index contributed by atoms with van der Waals surface area (Å²) in [4.78, 5) is 39.6. The van der Waals surface area contributed by atoms with Crippen LogP contribution in [0.2, 0.25) is 0 Å². The van der Waals surface area contributed by atoms with Gasteiger partial charge < -0.3 is 4.74 Å². The van der Waals surface area contributed by atoms with Crippen LogP contribution < -0.4 is 0 Å². The number of rotatable bonds is 6. The second-order valence-electron chi connectivity index (χ2n) is 8.82. The number of hydrogen-bond acceptors (Lipinski definition) is 5. The van der Waals surface area contributed by atoms with Crippen molar-refractivity contribution in [2.75, 3.05) is 6.54 Å². The lowest BCUT2D eigenvalue weighted by molar-refractivity contribution is -0.156. The lowest BCUT2D eigenvalue weighted by Crippen LogP contribution is -2.36. The minimum Gasteiger partial charge on any atom is -0.459 e. The van der Waals surface area contributed by atoms with Crippen LogP contribution in [-0.4, -0.2) is 39.6 Å². The normalized spacial score (nSPS) is 14.1. The standard InChI is InChI=1S/C24H27NO4S/c1-23(2,3)29-22(28)24(4,5)30-17-12-10-16(11-13-17)14-15-25-20(26)18-8-6-7-9-19(18)21(25)27/h6-13H,14-15H2,1-5H3. The molecule has 0 saturated carbocycles. The summed E-state index contributed by atoms with van der Waals surface area (Å²) in [5.41, 5.74) is 1.44. The molecule has 2 aromatic rings. The molecule has 30 heavy (non-hydrogen) atoms. The lowest BCUT2D eigenvalue weighted by atomic mass is 10.1. The van der Waals surface area contributed by atoms with E-state index in [0.29, 0.717) is 24.1 Å². The van der Waals surface area contributed by atoms with Crippen LogP contribution >= 0.6 is 11.8 Å². The fourth-order valence-corrected chi connectivity index (χ4v) is 4.13. The predicted molar refractivity (Wildman–Crippen MR) is 118 cm³/mol. The predicted octanol–water partition coefficient (Wildman–Crippen LogP) is 4.74. The van der Waals surface area contributed by atoms with E-state index in [9.17, 15) is 14.4 Å². The average molecular weight is 426 g/mol. The van der Waals surface area contributed by atoms with Crippen LogP contribution in [0, 0.1) is 0 Å². The Morgan fingerprint density at radius 2 is 1.43 bits per heavy atom. The van der Waals surface area contributed by atoms with Gasteiger partial charge >= 0.3 is 5.97 Å². The van der Waals surface area contributed by atoms with Gasteiger partial charge in [0.05, 0.1) is 11.1 Å². The number of amides is 2. The monoisotopic (exact) mass is 425 g/mol. The summed E-state index contributed by atoms with van der Waals surface area (Å²) in [6.45, 7) is 9.60. The van der Waals surface area contributed by atoms with E-state index in [1.165, 1.54) is 16.7 Å². The van der Waals surface area contributed by atoms with Crippen LogP contribution in [-0.2, 0) is 16.0 Å². The molecule has 0 aromatic heterocycles. The van der Waals surface area contributed by atoms with E-state index >= 15 is 0 Å². The molecule has 0 aliphatic carbocycles. The topological polar surface area (TPSA) is 63.7 Å². The minimum absolute atomic E-state index is 0.234. The van der Waals surface area contributed by atoms with Gasteiger partial charge in [0.25, 0.3) is 11.8 Å². The van der Waals surface area contributed by atoms with E-state index in [1.54, 1.807) is 24.3 Å². The maximum Gasteiger partial charge on any atom is 0.322 e. The van der Waals surface area contributed by atoms with Gasteiger partial charge in [0, 0.05) is 11.4 Å². The molecule has 1 heterocycles. The second kappa shape index (κ2) is 8.26. The van der Waals surface area contributed by atoms with Crippen molar-refractivity contribution in [3.63, 3.8) is 0 Å². The zero-order valence-electron chi connectivity index (χ0n) is 18.0. The highest BCUT2D eigenvalue weighted by molar-refractivity contribution is 8.01. The summed E-state index contributed by atoms with van der Waals surface area (Å²) < 4.78 is 4.80. The lowest BCUT2D eigenvalue weighted by Gasteiger charge is -2.28. The highest BCUT2D eigenvalue weighted by Crippen LogP contribution is 2.34. The van der Waals surface area contributed by atoms with Gasteiger partial charge in [0.2, 0.25) is 0 Å². The molecular weight excluding hydrogens is 398 g/mol. The Balaban J connectivity index is 1.60. The Morgan fingerprint density at radius 1 is 0.900 bits per heavy atom. The third-order valence-corrected chi connectivity index (χ3v) is 5.87. The van der Waals surface area contributed by atoms with Gasteiger partial charge in [-0.25, -0.2) is 0 Å². The molecule has 3 rings (SSSR count). The molecule has 0 spiro atoms. The molecular formula is C24H27NO4S. The molecule has 0 fully saturated rings. The van der Waals surface area contributed by atoms with E-state index in [4.69, 9.17) is 4.74 Å². The van der Waals surface area contributed by atoms with Gasteiger partial charge in [-0.05, 0) is 70.9 Å². The van der Waals surface area contributed by atoms with Crippen LogP contribution in [0.1, 0.15) is 60.9 Å². The molecule has 1 aliphatic heterocycles. The van der Waals surface area contributed by atoms with Crippen molar-refractivity contribution < 1.29 is 19.1 Å². The molecule has 5 nitrogen and oxygen atoms in total. The van der Waals surface area contributed by atoms with Crippen molar-refractivity contribution in [1.82, 2.24) is 4.90 Å². The SMILES string of the molecule is CC(C)(C)OC(=O)C(C)(C)Sc1ccc(CCN2C(=O)c3ccccc3C2=O)cc1. The summed E-state index contributed by atoms with van der Waals surface area (Å²) in [6, 6.07) is 14.7. The first-order valence-electron chi connectivity index (χ1n) is 9.94. The van der Waals surface area contributed by atoms with Gasteiger partial charge in [-0.15, -0.1) is 11.8 Å². The molecule has 2 aromatic carbocycles. The van der Waals surface area contributed by atoms with E-state index < -0.39 is 10.3 Å². The van der Waals surface area contributed by atoms with Gasteiger partial charge in [-0.2, -0.15) is 0 Å². The number of carbonyl (C=O) groups excluding carboxylic acids is 3. The van der Waals surface area contributed by atoms with E-state index in [1.807, 2.05) is 58.9 Å². The first-order valence-corrected chi connectivity index (χ1v) is 10.8. The quantitative estimate of drug-likeness (QED) is 0.380. The number of nitrogens with zero attached hydrogens (tertiary/aromatic N) is 1. The molecule has 0 bridgehead atoms. The van der Waals surface area contributed by atoms with Crippen molar-refractivity contribution in [1.29, 1.82) is 0 Å². The fourth-order valence-electron chi connectivity index (χ4n) is 3.14. The smallest absolute Gasteiger partial charge is 0.322 e. The van der Waals surface area contributed by atoms with Crippen molar-refractivity contribution in [2.45, 2.75) is 56.3 Å². The van der Waals surface area contributed by atoms with Crippen LogP contribution in [0.4, 0.5) is 0 Å². The van der Waals surface area contributed by atoms with Crippen LogP contribution in [0.3, 0.4) is 0 Å². The van der Waals surface area contributed by atoms with Gasteiger partial charge in [0.1, 0.15) is 10.3 Å². The van der Waals surface area contributed by atoms with Crippen LogP contribution in [0.15, 0.2) is 53.4 Å². The van der Waals surface area contributed by atoms with Gasteiger partial charge in [-0.3, -0.25) is 19.3 Å². The molecule has 1 aliphatic rings. The number of benzene rings is 2.